The van der Waals surface area contributed by atoms with E-state index in [2.05, 4.69) is 25.9 Å². The molecule has 0 fully saturated rings. The van der Waals surface area contributed by atoms with E-state index in [9.17, 15) is 4.79 Å². The minimum atomic E-state index is -0.963. The summed E-state index contributed by atoms with van der Waals surface area (Å²) in [6.07, 6.45) is 1.41. The highest BCUT2D eigenvalue weighted by Gasteiger charge is 2.14. The molecule has 0 bridgehead atoms. The van der Waals surface area contributed by atoms with Gasteiger partial charge in [-0.25, -0.2) is 9.97 Å². The fourth-order valence-corrected chi connectivity index (χ4v) is 2.78. The molecule has 94 valence electrons. The van der Waals surface area contributed by atoms with Crippen LogP contribution in [0.3, 0.4) is 0 Å². The smallest absolute Gasteiger partial charge is 0.305 e. The van der Waals surface area contributed by atoms with Crippen LogP contribution in [0.5, 0.6) is 0 Å². The molecule has 1 atom stereocenters. The molecule has 0 amide bonds. The molecule has 2 heterocycles. The third kappa shape index (κ3) is 3.12. The summed E-state index contributed by atoms with van der Waals surface area (Å²) in [6, 6.07) is 4.95. The number of hydrogen-bond acceptors (Lipinski definition) is 5. The lowest BCUT2D eigenvalue weighted by Crippen LogP contribution is -2.17. The highest BCUT2D eigenvalue weighted by molar-refractivity contribution is 9.11. The number of rotatable bonds is 4. The number of halogens is 1. The van der Waals surface area contributed by atoms with E-state index in [0.717, 1.165) is 14.4 Å². The first-order valence-corrected chi connectivity index (χ1v) is 6.73. The Kier molecular flexibility index (Phi) is 4.05. The SMILES string of the molecule is NC(CC(=O)O)c1nccc(-c2ccc(Br)s2)n1. The van der Waals surface area contributed by atoms with Crippen LogP contribution in [0.25, 0.3) is 10.6 Å². The summed E-state index contributed by atoms with van der Waals surface area (Å²) < 4.78 is 1.01. The molecule has 2 aromatic rings. The Balaban J connectivity index is 2.27. The van der Waals surface area contributed by atoms with Crippen LogP contribution in [0.4, 0.5) is 0 Å². The van der Waals surface area contributed by atoms with Crippen LogP contribution in [0.15, 0.2) is 28.2 Å². The number of carboxylic acids is 1. The largest absolute Gasteiger partial charge is 0.481 e. The lowest BCUT2D eigenvalue weighted by atomic mass is 10.2. The fourth-order valence-electron chi connectivity index (χ4n) is 1.42. The van der Waals surface area contributed by atoms with Crippen molar-refractivity contribution in [1.29, 1.82) is 0 Å². The number of nitrogens with zero attached hydrogens (tertiary/aromatic N) is 2. The van der Waals surface area contributed by atoms with Gasteiger partial charge in [-0.1, -0.05) is 0 Å². The maximum atomic E-state index is 10.6. The monoisotopic (exact) mass is 327 g/mol. The van der Waals surface area contributed by atoms with Crippen LogP contribution in [-0.4, -0.2) is 21.0 Å². The van der Waals surface area contributed by atoms with Crippen molar-refractivity contribution in [2.75, 3.05) is 0 Å². The predicted octanol–water partition coefficient (Wildman–Crippen LogP) is 2.44. The van der Waals surface area contributed by atoms with Crippen LogP contribution in [-0.2, 0) is 4.79 Å². The van der Waals surface area contributed by atoms with Crippen molar-refractivity contribution in [2.45, 2.75) is 12.5 Å². The zero-order valence-electron chi connectivity index (χ0n) is 9.21. The summed E-state index contributed by atoms with van der Waals surface area (Å²) in [7, 11) is 0. The van der Waals surface area contributed by atoms with E-state index in [-0.39, 0.29) is 6.42 Å². The molecule has 2 rings (SSSR count). The number of nitrogens with two attached hydrogens (primary N) is 1. The number of hydrogen-bond donors (Lipinski definition) is 2. The molecular formula is C11H10BrN3O2S. The van der Waals surface area contributed by atoms with E-state index >= 15 is 0 Å². The second-order valence-electron chi connectivity index (χ2n) is 3.61. The van der Waals surface area contributed by atoms with Gasteiger partial charge in [0.25, 0.3) is 0 Å². The highest BCUT2D eigenvalue weighted by Crippen LogP contribution is 2.30. The molecule has 0 radical (unpaired) electrons. The molecule has 0 aliphatic heterocycles. The van der Waals surface area contributed by atoms with Gasteiger partial charge in [-0.05, 0) is 34.1 Å². The summed E-state index contributed by atoms with van der Waals surface area (Å²) in [5, 5.41) is 8.70. The van der Waals surface area contributed by atoms with Crippen molar-refractivity contribution in [1.82, 2.24) is 9.97 Å². The fraction of sp³-hybridized carbons (Fsp3) is 0.182. The molecule has 0 aliphatic carbocycles. The normalized spacial score (nSPS) is 12.3. The van der Waals surface area contributed by atoms with E-state index in [1.807, 2.05) is 12.1 Å². The summed E-state index contributed by atoms with van der Waals surface area (Å²) >= 11 is 4.93. The van der Waals surface area contributed by atoms with Crippen LogP contribution in [0, 0.1) is 0 Å². The van der Waals surface area contributed by atoms with Gasteiger partial charge in [-0.2, -0.15) is 0 Å². The van der Waals surface area contributed by atoms with Gasteiger partial charge in [0.05, 0.1) is 26.8 Å². The minimum absolute atomic E-state index is 0.183. The van der Waals surface area contributed by atoms with Crippen molar-refractivity contribution in [2.24, 2.45) is 5.73 Å². The van der Waals surface area contributed by atoms with Crippen molar-refractivity contribution >= 4 is 33.2 Å². The van der Waals surface area contributed by atoms with Gasteiger partial charge in [-0.15, -0.1) is 11.3 Å². The lowest BCUT2D eigenvalue weighted by Gasteiger charge is -2.07. The number of carboxylic acid groups (broad SMARTS) is 1. The van der Waals surface area contributed by atoms with Crippen molar-refractivity contribution in [3.05, 3.63) is 34.0 Å². The molecule has 0 saturated carbocycles. The van der Waals surface area contributed by atoms with Gasteiger partial charge in [0.15, 0.2) is 0 Å². The second-order valence-corrected chi connectivity index (χ2v) is 6.07. The summed E-state index contributed by atoms with van der Waals surface area (Å²) in [5.41, 5.74) is 6.48. The highest BCUT2D eigenvalue weighted by atomic mass is 79.9. The van der Waals surface area contributed by atoms with Gasteiger partial charge in [0, 0.05) is 6.20 Å². The first kappa shape index (κ1) is 13.1. The quantitative estimate of drug-likeness (QED) is 0.900. The summed E-state index contributed by atoms with van der Waals surface area (Å²) in [6.45, 7) is 0. The molecule has 0 aliphatic rings. The predicted molar refractivity (Wildman–Crippen MR) is 72.2 cm³/mol. The standard InChI is InChI=1S/C11H10BrN3O2S/c12-9-2-1-8(18-9)7-3-4-14-11(15-7)6(13)5-10(16)17/h1-4,6H,5,13H2,(H,16,17). The van der Waals surface area contributed by atoms with Gasteiger partial charge in [0.1, 0.15) is 5.82 Å². The molecule has 7 heteroatoms. The Morgan fingerprint density at radius 2 is 2.28 bits per heavy atom. The van der Waals surface area contributed by atoms with Crippen LogP contribution in [0.2, 0.25) is 0 Å². The zero-order valence-corrected chi connectivity index (χ0v) is 11.6. The van der Waals surface area contributed by atoms with Crippen molar-refractivity contribution in [3.8, 4) is 10.6 Å². The second kappa shape index (κ2) is 5.55. The topological polar surface area (TPSA) is 89.1 Å². The van der Waals surface area contributed by atoms with Gasteiger partial charge >= 0.3 is 5.97 Å². The third-order valence-corrected chi connectivity index (χ3v) is 3.87. The van der Waals surface area contributed by atoms with E-state index in [4.69, 9.17) is 10.8 Å². The minimum Gasteiger partial charge on any atom is -0.481 e. The Hall–Kier alpha value is -1.31. The molecule has 3 N–H and O–H groups in total. The maximum absolute atomic E-state index is 10.6. The molecule has 1 unspecified atom stereocenters. The Morgan fingerprint density at radius 3 is 2.89 bits per heavy atom. The van der Waals surface area contributed by atoms with Crippen molar-refractivity contribution in [3.63, 3.8) is 0 Å². The number of aliphatic carboxylic acids is 1. The molecule has 2 aromatic heterocycles. The van der Waals surface area contributed by atoms with Crippen molar-refractivity contribution < 1.29 is 9.90 Å². The van der Waals surface area contributed by atoms with Gasteiger partial charge < -0.3 is 10.8 Å². The molecule has 18 heavy (non-hydrogen) atoms. The van der Waals surface area contributed by atoms with E-state index in [1.165, 1.54) is 0 Å². The molecule has 0 saturated heterocycles. The van der Waals surface area contributed by atoms with Crippen LogP contribution in [0.1, 0.15) is 18.3 Å². The number of thiophene rings is 1. The van der Waals surface area contributed by atoms with Gasteiger partial charge in [0.2, 0.25) is 0 Å². The average Bonchev–Trinajstić information content (AvgIpc) is 2.75. The van der Waals surface area contributed by atoms with Gasteiger partial charge in [-0.3, -0.25) is 4.79 Å². The average molecular weight is 328 g/mol. The van der Waals surface area contributed by atoms with E-state index in [1.54, 1.807) is 23.6 Å². The van der Waals surface area contributed by atoms with E-state index < -0.39 is 12.0 Å². The summed E-state index contributed by atoms with van der Waals surface area (Å²) in [4.78, 5) is 19.9. The summed E-state index contributed by atoms with van der Waals surface area (Å²) in [5.74, 6) is -0.616. The first-order valence-electron chi connectivity index (χ1n) is 5.12. The van der Waals surface area contributed by atoms with Crippen LogP contribution >= 0.6 is 27.3 Å². The molecular weight excluding hydrogens is 318 g/mol. The lowest BCUT2D eigenvalue weighted by molar-refractivity contribution is -0.137. The first-order chi connectivity index (χ1) is 8.56. The Labute approximate surface area is 116 Å². The molecule has 0 aromatic carbocycles. The van der Waals surface area contributed by atoms with E-state index in [0.29, 0.717) is 5.82 Å². The number of carbonyl (C=O) groups is 1. The number of aromatic nitrogens is 2. The molecule has 5 nitrogen and oxygen atoms in total. The maximum Gasteiger partial charge on any atom is 0.305 e. The third-order valence-electron chi connectivity index (χ3n) is 2.23. The Bertz CT molecular complexity index is 573. The molecule has 0 spiro atoms. The van der Waals surface area contributed by atoms with Crippen LogP contribution < -0.4 is 5.73 Å². The Morgan fingerprint density at radius 1 is 1.50 bits per heavy atom. The zero-order chi connectivity index (χ0) is 13.1.